The molecule has 21 heavy (non-hydrogen) atoms. The summed E-state index contributed by atoms with van der Waals surface area (Å²) >= 11 is 5.95. The molecule has 0 saturated heterocycles. The van der Waals surface area contributed by atoms with Gasteiger partial charge in [-0.15, -0.1) is 5.10 Å². The lowest BCUT2D eigenvalue weighted by atomic mass is 10.1. The van der Waals surface area contributed by atoms with Crippen LogP contribution in [0.25, 0.3) is 0 Å². The molecule has 110 valence electrons. The zero-order valence-corrected chi connectivity index (χ0v) is 11.7. The van der Waals surface area contributed by atoms with Crippen LogP contribution in [-0.2, 0) is 19.5 Å². The minimum absolute atomic E-state index is 0.0557. The molecule has 8 heteroatoms. The first-order valence-corrected chi connectivity index (χ1v) is 6.77. The third-order valence-electron chi connectivity index (χ3n) is 3.37. The monoisotopic (exact) mass is 308 g/mol. The Morgan fingerprint density at radius 3 is 3.10 bits per heavy atom. The van der Waals surface area contributed by atoms with Crippen molar-refractivity contribution >= 4 is 17.6 Å². The first-order valence-electron chi connectivity index (χ1n) is 6.39. The van der Waals surface area contributed by atoms with Gasteiger partial charge in [-0.05, 0) is 23.8 Å². The molecule has 2 aromatic rings. The van der Waals surface area contributed by atoms with Crippen LogP contribution in [0.2, 0.25) is 5.02 Å². The molecule has 1 aromatic carbocycles. The number of carboxylic acid groups (broad SMARTS) is 1. The van der Waals surface area contributed by atoms with E-state index in [-0.39, 0.29) is 18.3 Å². The standard InChI is InChI=1S/C13H13ClN4O3/c14-8-1-2-11-7(3-8)4-9(21-11)6-18-10(5-15)12(13(19)20)16-17-18/h1-3,9H,4-6,15H2,(H,19,20). The van der Waals surface area contributed by atoms with Crippen LogP contribution in [0.4, 0.5) is 0 Å². The summed E-state index contributed by atoms with van der Waals surface area (Å²) in [4.78, 5) is 11.0. The molecule has 2 heterocycles. The SMILES string of the molecule is NCc1c(C(=O)O)nnn1CC1Cc2cc(Cl)ccc2O1. The molecule has 1 aliphatic heterocycles. The summed E-state index contributed by atoms with van der Waals surface area (Å²) in [6.45, 7) is 0.444. The molecular weight excluding hydrogens is 296 g/mol. The summed E-state index contributed by atoms with van der Waals surface area (Å²) in [5.74, 6) is -0.346. The molecule has 7 nitrogen and oxygen atoms in total. The number of benzene rings is 1. The van der Waals surface area contributed by atoms with E-state index in [1.54, 1.807) is 6.07 Å². The summed E-state index contributed by atoms with van der Waals surface area (Å²) in [5.41, 5.74) is 6.89. The fourth-order valence-corrected chi connectivity index (χ4v) is 2.63. The lowest BCUT2D eigenvalue weighted by Gasteiger charge is -2.12. The number of hydrogen-bond acceptors (Lipinski definition) is 5. The minimum Gasteiger partial charge on any atom is -0.488 e. The van der Waals surface area contributed by atoms with Crippen LogP contribution in [0.15, 0.2) is 18.2 Å². The van der Waals surface area contributed by atoms with E-state index in [2.05, 4.69) is 10.3 Å². The summed E-state index contributed by atoms with van der Waals surface area (Å²) in [7, 11) is 0. The molecule has 0 radical (unpaired) electrons. The van der Waals surface area contributed by atoms with Gasteiger partial charge in [0.05, 0.1) is 12.2 Å². The molecule has 0 amide bonds. The molecular formula is C13H13ClN4O3. The Hall–Kier alpha value is -2.12. The number of carboxylic acids is 1. The van der Waals surface area contributed by atoms with E-state index in [4.69, 9.17) is 27.2 Å². The molecule has 1 unspecified atom stereocenters. The first-order chi connectivity index (χ1) is 10.1. The Bertz CT molecular complexity index is 701. The highest BCUT2D eigenvalue weighted by Crippen LogP contribution is 2.31. The second-order valence-electron chi connectivity index (χ2n) is 4.77. The topological polar surface area (TPSA) is 103 Å². The van der Waals surface area contributed by atoms with Crippen LogP contribution in [0.3, 0.4) is 0 Å². The van der Waals surface area contributed by atoms with Gasteiger partial charge in [0, 0.05) is 18.0 Å². The van der Waals surface area contributed by atoms with E-state index in [9.17, 15) is 4.79 Å². The second kappa shape index (κ2) is 5.34. The van der Waals surface area contributed by atoms with E-state index in [0.717, 1.165) is 11.3 Å². The van der Waals surface area contributed by atoms with E-state index in [0.29, 0.717) is 23.7 Å². The summed E-state index contributed by atoms with van der Waals surface area (Å²) in [6.07, 6.45) is 0.537. The predicted octanol–water partition coefficient (Wildman–Crippen LogP) is 1.09. The van der Waals surface area contributed by atoms with Gasteiger partial charge in [-0.25, -0.2) is 9.48 Å². The number of nitrogens with two attached hydrogens (primary N) is 1. The van der Waals surface area contributed by atoms with Crippen LogP contribution in [-0.4, -0.2) is 32.2 Å². The van der Waals surface area contributed by atoms with Crippen LogP contribution in [0, 0.1) is 0 Å². The maximum absolute atomic E-state index is 11.0. The summed E-state index contributed by atoms with van der Waals surface area (Å²) in [5, 5.41) is 17.2. The normalized spacial score (nSPS) is 16.6. The van der Waals surface area contributed by atoms with Crippen molar-refractivity contribution in [2.45, 2.75) is 25.6 Å². The Balaban J connectivity index is 1.79. The Labute approximate surface area is 125 Å². The Kier molecular flexibility index (Phi) is 3.52. The molecule has 0 aliphatic carbocycles. The van der Waals surface area contributed by atoms with Gasteiger partial charge in [0.15, 0.2) is 5.69 Å². The highest BCUT2D eigenvalue weighted by atomic mass is 35.5. The fraction of sp³-hybridized carbons (Fsp3) is 0.308. The fourth-order valence-electron chi connectivity index (χ4n) is 2.43. The van der Waals surface area contributed by atoms with Gasteiger partial charge >= 0.3 is 5.97 Å². The Morgan fingerprint density at radius 1 is 1.57 bits per heavy atom. The summed E-state index contributed by atoms with van der Waals surface area (Å²) in [6, 6.07) is 5.46. The van der Waals surface area contributed by atoms with Crippen molar-refractivity contribution in [1.29, 1.82) is 0 Å². The number of halogens is 1. The van der Waals surface area contributed by atoms with Gasteiger partial charge in [0.1, 0.15) is 11.9 Å². The summed E-state index contributed by atoms with van der Waals surface area (Å²) < 4.78 is 7.29. The highest BCUT2D eigenvalue weighted by Gasteiger charge is 2.26. The average molecular weight is 309 g/mol. The van der Waals surface area contributed by atoms with Gasteiger partial charge in [0.25, 0.3) is 0 Å². The number of ether oxygens (including phenoxy) is 1. The third kappa shape index (κ3) is 2.57. The van der Waals surface area contributed by atoms with Gasteiger partial charge < -0.3 is 15.6 Å². The van der Waals surface area contributed by atoms with E-state index in [1.165, 1.54) is 4.68 Å². The smallest absolute Gasteiger partial charge is 0.358 e. The number of aromatic carboxylic acids is 1. The van der Waals surface area contributed by atoms with Crippen molar-refractivity contribution in [1.82, 2.24) is 15.0 Å². The van der Waals surface area contributed by atoms with Gasteiger partial charge in [-0.1, -0.05) is 16.8 Å². The lowest BCUT2D eigenvalue weighted by Crippen LogP contribution is -2.24. The predicted molar refractivity (Wildman–Crippen MR) is 74.4 cm³/mol. The molecule has 0 saturated carbocycles. The number of fused-ring (bicyclic) bond motifs is 1. The van der Waals surface area contributed by atoms with Crippen molar-refractivity contribution in [3.63, 3.8) is 0 Å². The van der Waals surface area contributed by atoms with Crippen molar-refractivity contribution in [2.75, 3.05) is 0 Å². The van der Waals surface area contributed by atoms with E-state index < -0.39 is 5.97 Å². The minimum atomic E-state index is -1.14. The number of aromatic nitrogens is 3. The van der Waals surface area contributed by atoms with Crippen molar-refractivity contribution < 1.29 is 14.6 Å². The highest BCUT2D eigenvalue weighted by molar-refractivity contribution is 6.30. The largest absolute Gasteiger partial charge is 0.488 e. The molecule has 3 N–H and O–H groups in total. The van der Waals surface area contributed by atoms with E-state index in [1.807, 2.05) is 12.1 Å². The van der Waals surface area contributed by atoms with Gasteiger partial charge in [-0.3, -0.25) is 0 Å². The molecule has 3 rings (SSSR count). The first kappa shape index (κ1) is 13.8. The zero-order valence-electron chi connectivity index (χ0n) is 11.0. The van der Waals surface area contributed by atoms with Gasteiger partial charge in [-0.2, -0.15) is 0 Å². The quantitative estimate of drug-likeness (QED) is 0.876. The zero-order chi connectivity index (χ0) is 15.0. The van der Waals surface area contributed by atoms with Crippen molar-refractivity contribution in [3.05, 3.63) is 40.2 Å². The number of rotatable bonds is 4. The number of nitrogens with zero attached hydrogens (tertiary/aromatic N) is 3. The molecule has 1 aromatic heterocycles. The van der Waals surface area contributed by atoms with Gasteiger partial charge in [0.2, 0.25) is 0 Å². The van der Waals surface area contributed by atoms with Crippen LogP contribution >= 0.6 is 11.6 Å². The maximum Gasteiger partial charge on any atom is 0.358 e. The average Bonchev–Trinajstić information content (AvgIpc) is 3.01. The van der Waals surface area contributed by atoms with Crippen LogP contribution < -0.4 is 10.5 Å². The number of hydrogen-bond donors (Lipinski definition) is 2. The molecule has 0 fully saturated rings. The molecule has 1 aliphatic rings. The lowest BCUT2D eigenvalue weighted by molar-refractivity contribution is 0.0689. The molecule has 1 atom stereocenters. The van der Waals surface area contributed by atoms with Crippen molar-refractivity contribution in [3.8, 4) is 5.75 Å². The Morgan fingerprint density at radius 2 is 2.38 bits per heavy atom. The third-order valence-corrected chi connectivity index (χ3v) is 3.61. The van der Waals surface area contributed by atoms with Crippen LogP contribution in [0.1, 0.15) is 21.7 Å². The molecule has 0 bridgehead atoms. The van der Waals surface area contributed by atoms with Crippen molar-refractivity contribution in [2.24, 2.45) is 5.73 Å². The van der Waals surface area contributed by atoms with Crippen LogP contribution in [0.5, 0.6) is 5.75 Å². The second-order valence-corrected chi connectivity index (χ2v) is 5.21. The maximum atomic E-state index is 11.0. The van der Waals surface area contributed by atoms with E-state index >= 15 is 0 Å². The molecule has 0 spiro atoms. The number of carbonyl (C=O) groups is 1.